The second kappa shape index (κ2) is 8.15. The molecule has 0 saturated heterocycles. The largest absolute Gasteiger partial charge is 0.308 e. The number of pyridine rings is 1. The molecule has 3 aromatic heterocycles. The van der Waals surface area contributed by atoms with Crippen molar-refractivity contribution in [3.8, 4) is 11.8 Å². The van der Waals surface area contributed by atoms with Crippen LogP contribution in [-0.2, 0) is 11.8 Å². The number of hydrogen-bond donors (Lipinski definition) is 1. The molecular weight excluding hydrogens is 406 g/mol. The number of carbonyl (C=O) groups excluding carboxylic acids is 1. The fraction of sp³-hybridized carbons (Fsp3) is 0.261. The number of nitriles is 1. The van der Waals surface area contributed by atoms with Gasteiger partial charge in [-0.2, -0.15) is 15.5 Å². The predicted octanol–water partition coefficient (Wildman–Crippen LogP) is 3.00. The van der Waals surface area contributed by atoms with Crippen LogP contribution in [0.15, 0.2) is 47.4 Å². The summed E-state index contributed by atoms with van der Waals surface area (Å²) < 4.78 is 4.63. The van der Waals surface area contributed by atoms with Crippen LogP contribution in [0.3, 0.4) is 0 Å². The van der Waals surface area contributed by atoms with Gasteiger partial charge in [0, 0.05) is 18.5 Å². The molecule has 0 bridgehead atoms. The van der Waals surface area contributed by atoms with E-state index >= 15 is 0 Å². The molecular formula is C23H23N7O2. The Hall–Kier alpha value is -4.19. The average molecular weight is 429 g/mol. The molecule has 1 atom stereocenters. The molecule has 0 saturated carbocycles. The summed E-state index contributed by atoms with van der Waals surface area (Å²) in [7, 11) is 1.64. The first-order chi connectivity index (χ1) is 15.4. The molecule has 0 spiro atoms. The van der Waals surface area contributed by atoms with Crippen molar-refractivity contribution < 1.29 is 4.79 Å². The summed E-state index contributed by atoms with van der Waals surface area (Å²) in [6, 6.07) is 12.2. The molecule has 3 heterocycles. The van der Waals surface area contributed by atoms with Gasteiger partial charge in [0.1, 0.15) is 29.1 Å². The summed E-state index contributed by atoms with van der Waals surface area (Å²) in [6.45, 7) is 5.60. The molecule has 162 valence electrons. The lowest BCUT2D eigenvalue weighted by Gasteiger charge is -2.21. The molecule has 4 aromatic rings. The number of carbonyl (C=O) groups is 1. The SMILES string of the molecule is CCC(C(=O)Nc1c(C#N)cnn1C)n1c(=O)cc(C)c2c(C)nn(-c3ccccc3)c21. The van der Waals surface area contributed by atoms with Gasteiger partial charge in [-0.3, -0.25) is 18.8 Å². The first-order valence-corrected chi connectivity index (χ1v) is 10.3. The molecule has 0 aliphatic carbocycles. The number of aryl methyl sites for hydroxylation is 3. The van der Waals surface area contributed by atoms with E-state index in [1.807, 2.05) is 57.2 Å². The van der Waals surface area contributed by atoms with Gasteiger partial charge in [-0.05, 0) is 38.0 Å². The van der Waals surface area contributed by atoms with Gasteiger partial charge >= 0.3 is 0 Å². The Morgan fingerprint density at radius 1 is 1.25 bits per heavy atom. The summed E-state index contributed by atoms with van der Waals surface area (Å²) in [4.78, 5) is 26.6. The average Bonchev–Trinajstić information content (AvgIpc) is 3.31. The molecule has 1 aromatic carbocycles. The summed E-state index contributed by atoms with van der Waals surface area (Å²) >= 11 is 0. The Kier molecular flexibility index (Phi) is 5.36. The van der Waals surface area contributed by atoms with E-state index in [-0.39, 0.29) is 11.1 Å². The number of rotatable bonds is 5. The van der Waals surface area contributed by atoms with E-state index in [1.54, 1.807) is 11.7 Å². The maximum Gasteiger partial charge on any atom is 0.253 e. The zero-order valence-electron chi connectivity index (χ0n) is 18.3. The molecule has 9 heteroatoms. The van der Waals surface area contributed by atoms with Crippen LogP contribution >= 0.6 is 0 Å². The van der Waals surface area contributed by atoms with Gasteiger partial charge in [0.2, 0.25) is 5.91 Å². The fourth-order valence-corrected chi connectivity index (χ4v) is 4.03. The van der Waals surface area contributed by atoms with Crippen LogP contribution in [0.1, 0.15) is 36.2 Å². The lowest BCUT2D eigenvalue weighted by atomic mass is 10.1. The van der Waals surface area contributed by atoms with Crippen molar-refractivity contribution in [2.24, 2.45) is 7.05 Å². The van der Waals surface area contributed by atoms with Crippen molar-refractivity contribution in [2.45, 2.75) is 33.2 Å². The smallest absolute Gasteiger partial charge is 0.253 e. The van der Waals surface area contributed by atoms with Crippen molar-refractivity contribution >= 4 is 22.8 Å². The number of nitrogens with one attached hydrogen (secondary N) is 1. The van der Waals surface area contributed by atoms with Gasteiger partial charge in [0.15, 0.2) is 0 Å². The van der Waals surface area contributed by atoms with E-state index in [9.17, 15) is 14.9 Å². The van der Waals surface area contributed by atoms with Crippen molar-refractivity contribution in [2.75, 3.05) is 5.32 Å². The topological polar surface area (TPSA) is 111 Å². The van der Waals surface area contributed by atoms with Crippen LogP contribution in [-0.4, -0.2) is 30.0 Å². The monoisotopic (exact) mass is 429 g/mol. The third kappa shape index (κ3) is 3.36. The highest BCUT2D eigenvalue weighted by Gasteiger charge is 2.27. The molecule has 32 heavy (non-hydrogen) atoms. The maximum atomic E-state index is 13.3. The molecule has 1 amide bonds. The maximum absolute atomic E-state index is 13.3. The molecule has 9 nitrogen and oxygen atoms in total. The van der Waals surface area contributed by atoms with Gasteiger partial charge in [-0.15, -0.1) is 0 Å². The highest BCUT2D eigenvalue weighted by atomic mass is 16.2. The minimum Gasteiger partial charge on any atom is -0.308 e. The van der Waals surface area contributed by atoms with Crippen molar-refractivity contribution in [1.82, 2.24) is 24.1 Å². The number of amides is 1. The number of benzene rings is 1. The Morgan fingerprint density at radius 3 is 2.62 bits per heavy atom. The number of nitrogens with zero attached hydrogens (tertiary/aromatic N) is 6. The standard InChI is InChI=1S/C23H23N7O2/c1-5-18(22(32)26-21-16(12-24)13-25-28(21)4)29-19(31)11-14(2)20-15(3)27-30(23(20)29)17-9-7-6-8-10-17/h6-11,13,18H,5H2,1-4H3,(H,26,32). The molecule has 0 radical (unpaired) electrons. The Bertz CT molecular complexity index is 1420. The Balaban J connectivity index is 1.92. The molecule has 1 unspecified atom stereocenters. The lowest BCUT2D eigenvalue weighted by Crippen LogP contribution is -2.34. The second-order valence-electron chi connectivity index (χ2n) is 7.62. The van der Waals surface area contributed by atoms with Gasteiger partial charge in [-0.25, -0.2) is 4.68 Å². The van der Waals surface area contributed by atoms with Crippen LogP contribution in [0.4, 0.5) is 5.82 Å². The van der Waals surface area contributed by atoms with Crippen LogP contribution < -0.4 is 10.9 Å². The van der Waals surface area contributed by atoms with E-state index in [2.05, 4.69) is 15.5 Å². The van der Waals surface area contributed by atoms with Crippen molar-refractivity contribution in [3.63, 3.8) is 0 Å². The van der Waals surface area contributed by atoms with Gasteiger partial charge in [0.05, 0.1) is 17.6 Å². The van der Waals surface area contributed by atoms with Crippen molar-refractivity contribution in [1.29, 1.82) is 5.26 Å². The molecule has 0 fully saturated rings. The predicted molar refractivity (Wildman–Crippen MR) is 121 cm³/mol. The van der Waals surface area contributed by atoms with Crippen LogP contribution in [0, 0.1) is 25.2 Å². The van der Waals surface area contributed by atoms with E-state index < -0.39 is 11.9 Å². The van der Waals surface area contributed by atoms with Crippen LogP contribution in [0.5, 0.6) is 0 Å². The minimum absolute atomic E-state index is 0.252. The summed E-state index contributed by atoms with van der Waals surface area (Å²) in [5.74, 6) is -0.113. The molecule has 4 rings (SSSR count). The van der Waals surface area contributed by atoms with Gasteiger partial charge in [-0.1, -0.05) is 25.1 Å². The highest BCUT2D eigenvalue weighted by molar-refractivity contribution is 5.95. The minimum atomic E-state index is -0.814. The first-order valence-electron chi connectivity index (χ1n) is 10.3. The number of hydrogen-bond acceptors (Lipinski definition) is 5. The van der Waals surface area contributed by atoms with Crippen LogP contribution in [0.2, 0.25) is 0 Å². The zero-order chi connectivity index (χ0) is 23.0. The lowest BCUT2D eigenvalue weighted by molar-refractivity contribution is -0.119. The third-order valence-electron chi connectivity index (χ3n) is 5.54. The number of anilines is 1. The fourth-order valence-electron chi connectivity index (χ4n) is 4.03. The van der Waals surface area contributed by atoms with E-state index in [4.69, 9.17) is 0 Å². The Morgan fingerprint density at radius 2 is 1.97 bits per heavy atom. The molecule has 1 N–H and O–H groups in total. The molecule has 0 aliphatic heterocycles. The van der Waals surface area contributed by atoms with Gasteiger partial charge < -0.3 is 5.32 Å². The third-order valence-corrected chi connectivity index (χ3v) is 5.54. The second-order valence-corrected chi connectivity index (χ2v) is 7.62. The normalized spacial score (nSPS) is 12.0. The molecule has 0 aliphatic rings. The number of para-hydroxylation sites is 1. The number of fused-ring (bicyclic) bond motifs is 1. The van der Waals surface area contributed by atoms with E-state index in [0.717, 1.165) is 22.3 Å². The van der Waals surface area contributed by atoms with Gasteiger partial charge in [0.25, 0.3) is 5.56 Å². The number of aromatic nitrogens is 5. The van der Waals surface area contributed by atoms with E-state index in [0.29, 0.717) is 17.9 Å². The highest BCUT2D eigenvalue weighted by Crippen LogP contribution is 2.27. The zero-order valence-corrected chi connectivity index (χ0v) is 18.3. The Labute approximate surface area is 184 Å². The van der Waals surface area contributed by atoms with E-state index in [1.165, 1.54) is 21.5 Å². The first kappa shape index (κ1) is 21.1. The quantitative estimate of drug-likeness (QED) is 0.524. The summed E-state index contributed by atoms with van der Waals surface area (Å²) in [6.07, 6.45) is 1.75. The van der Waals surface area contributed by atoms with Crippen LogP contribution in [0.25, 0.3) is 16.7 Å². The summed E-state index contributed by atoms with van der Waals surface area (Å²) in [5, 5.41) is 21.6. The van der Waals surface area contributed by atoms with Crippen molar-refractivity contribution in [3.05, 3.63) is 69.8 Å². The summed E-state index contributed by atoms with van der Waals surface area (Å²) in [5.41, 5.74) is 2.88.